The number of allylic oxidation sites excluding steroid dienone is 1. The molecule has 0 aliphatic heterocycles. The molecule has 2 aliphatic rings. The molecule has 0 saturated heterocycles. The quantitative estimate of drug-likeness (QED) is 0.479. The molecule has 8 heteroatoms. The second-order valence-electron chi connectivity index (χ2n) is 4.57. The number of alkyl halides is 7. The van der Waals surface area contributed by atoms with Crippen LogP contribution in [0.1, 0.15) is 6.42 Å². The molecule has 0 amide bonds. The summed E-state index contributed by atoms with van der Waals surface area (Å²) in [6.07, 6.45) is 0.617. The highest BCUT2D eigenvalue weighted by molar-refractivity contribution is 6.54. The van der Waals surface area contributed by atoms with Crippen molar-refractivity contribution in [1.29, 1.82) is 0 Å². The molecule has 3 atom stereocenters. The Labute approximate surface area is 146 Å². The molecular formula is C10H8Cl8. The van der Waals surface area contributed by atoms with Gasteiger partial charge in [0.2, 0.25) is 0 Å². The van der Waals surface area contributed by atoms with Crippen molar-refractivity contribution in [3.05, 3.63) is 11.1 Å². The fourth-order valence-electron chi connectivity index (χ4n) is 3.12. The van der Waals surface area contributed by atoms with Crippen LogP contribution >= 0.6 is 92.8 Å². The lowest BCUT2D eigenvalue weighted by Gasteiger charge is -2.47. The summed E-state index contributed by atoms with van der Waals surface area (Å²) in [6.45, 7) is 0. The van der Waals surface area contributed by atoms with Gasteiger partial charge in [-0.25, -0.2) is 0 Å². The number of hydrogen-bond donors (Lipinski definition) is 0. The highest BCUT2D eigenvalue weighted by Crippen LogP contribution is 2.72. The van der Waals surface area contributed by atoms with E-state index in [1.54, 1.807) is 0 Å². The Kier molecular flexibility index (Phi) is 4.89. The van der Waals surface area contributed by atoms with Crippen LogP contribution in [0.2, 0.25) is 0 Å². The van der Waals surface area contributed by atoms with Crippen LogP contribution in [0.4, 0.5) is 0 Å². The monoisotopic (exact) mass is 408 g/mol. The lowest BCUT2D eigenvalue weighted by atomic mass is 9.72. The van der Waals surface area contributed by atoms with Crippen molar-refractivity contribution in [3.63, 3.8) is 0 Å². The van der Waals surface area contributed by atoms with Gasteiger partial charge in [0, 0.05) is 11.5 Å². The lowest BCUT2D eigenvalue weighted by molar-refractivity contribution is 0.268. The van der Waals surface area contributed by atoms with Crippen LogP contribution in [-0.2, 0) is 0 Å². The maximum atomic E-state index is 6.33. The van der Waals surface area contributed by atoms with Gasteiger partial charge in [0.05, 0.1) is 10.8 Å². The number of halogens is 8. The van der Waals surface area contributed by atoms with Crippen molar-refractivity contribution in [1.82, 2.24) is 0 Å². The predicted molar refractivity (Wildman–Crippen MR) is 83.0 cm³/mol. The Hall–Kier alpha value is 2.06. The molecule has 0 aromatic carbocycles. The summed E-state index contributed by atoms with van der Waals surface area (Å²) >= 11 is 49.2. The van der Waals surface area contributed by atoms with Gasteiger partial charge in [-0.05, 0) is 17.9 Å². The van der Waals surface area contributed by atoms with Crippen LogP contribution in [-0.4, -0.2) is 19.4 Å². The first-order valence-electron chi connectivity index (χ1n) is 5.11. The van der Waals surface area contributed by atoms with Crippen LogP contribution < -0.4 is 0 Å². The van der Waals surface area contributed by atoms with Crippen LogP contribution in [0.3, 0.4) is 0 Å². The molecule has 104 valence electrons. The molecule has 2 unspecified atom stereocenters. The van der Waals surface area contributed by atoms with E-state index in [0.29, 0.717) is 12.0 Å². The normalized spacial score (nSPS) is 39.2. The van der Waals surface area contributed by atoms with Crippen molar-refractivity contribution in [3.8, 4) is 0 Å². The third kappa shape index (κ3) is 1.94. The van der Waals surface area contributed by atoms with E-state index in [1.165, 1.54) is 5.54 Å². The molecule has 0 spiro atoms. The Bertz CT molecular complexity index is 366. The third-order valence-corrected chi connectivity index (χ3v) is 7.55. The van der Waals surface area contributed by atoms with E-state index in [1.807, 2.05) is 0 Å². The lowest BCUT2D eigenvalue weighted by Crippen LogP contribution is -2.51. The minimum absolute atomic E-state index is 0.218. The summed E-state index contributed by atoms with van der Waals surface area (Å²) in [5, 5.41) is -0.536. The zero-order valence-corrected chi connectivity index (χ0v) is 14.7. The average Bonchev–Trinajstić information content (AvgIpc) is 2.72. The van der Waals surface area contributed by atoms with E-state index >= 15 is 0 Å². The zero-order valence-electron chi connectivity index (χ0n) is 8.69. The minimum atomic E-state index is -1.11. The molecular weight excluding hydrogens is 404 g/mol. The van der Waals surface area contributed by atoms with Gasteiger partial charge in [0.1, 0.15) is 14.0 Å². The summed E-state index contributed by atoms with van der Waals surface area (Å²) in [5.74, 6) is -0.463. The molecule has 0 N–H and O–H groups in total. The molecule has 2 rings (SSSR count). The zero-order chi connectivity index (χ0) is 13.9. The molecule has 18 heavy (non-hydrogen) atoms. The number of rotatable bonds is 2. The van der Waals surface area contributed by atoms with Crippen LogP contribution in [0.15, 0.2) is 11.1 Å². The first kappa shape index (κ1) is 16.4. The van der Waals surface area contributed by atoms with Crippen LogP contribution in [0.25, 0.3) is 0 Å². The minimum Gasteiger partial charge on any atom is -0.119 e. The molecule has 2 aliphatic carbocycles. The largest absolute Gasteiger partial charge is 0.141 e. The Morgan fingerprint density at radius 1 is 1.11 bits per heavy atom. The SMILES string of the molecule is Cl/C=C1/C2CC([C@H](Cl)C2(Cl)Cl)C1(C(Cl)Cl)C(Cl)Cl. The third-order valence-electron chi connectivity index (χ3n) is 4.00. The van der Waals surface area contributed by atoms with Crippen molar-refractivity contribution in [2.24, 2.45) is 17.3 Å². The van der Waals surface area contributed by atoms with Gasteiger partial charge < -0.3 is 0 Å². The van der Waals surface area contributed by atoms with Gasteiger partial charge in [-0.2, -0.15) is 0 Å². The van der Waals surface area contributed by atoms with Crippen LogP contribution in [0, 0.1) is 17.3 Å². The molecule has 0 aromatic heterocycles. The second-order valence-corrected chi connectivity index (χ2v) is 8.90. The summed E-state index contributed by atoms with van der Waals surface area (Å²) in [4.78, 5) is -1.69. The highest BCUT2D eigenvalue weighted by atomic mass is 35.5. The van der Waals surface area contributed by atoms with Crippen molar-refractivity contribution < 1.29 is 0 Å². The summed E-state index contributed by atoms with van der Waals surface area (Å²) in [7, 11) is 0. The molecule has 0 aromatic rings. The molecule has 2 saturated carbocycles. The summed E-state index contributed by atoms with van der Waals surface area (Å²) in [6, 6.07) is 0. The topological polar surface area (TPSA) is 0 Å². The first-order valence-corrected chi connectivity index (χ1v) is 8.48. The van der Waals surface area contributed by atoms with Crippen molar-refractivity contribution in [2.45, 2.75) is 25.8 Å². The second kappa shape index (κ2) is 5.36. The molecule has 0 nitrogen and oxygen atoms in total. The van der Waals surface area contributed by atoms with Gasteiger partial charge in [0.25, 0.3) is 0 Å². The van der Waals surface area contributed by atoms with Crippen molar-refractivity contribution >= 4 is 92.8 Å². The van der Waals surface area contributed by atoms with E-state index < -0.39 is 24.8 Å². The first-order chi connectivity index (χ1) is 8.22. The predicted octanol–water partition coefficient (Wildman–Crippen LogP) is 6.13. The van der Waals surface area contributed by atoms with E-state index in [9.17, 15) is 0 Å². The molecule has 0 heterocycles. The fraction of sp³-hybridized carbons (Fsp3) is 0.800. The van der Waals surface area contributed by atoms with Gasteiger partial charge in [-0.15, -0.1) is 58.0 Å². The molecule has 2 fully saturated rings. The van der Waals surface area contributed by atoms with Gasteiger partial charge in [0.15, 0.2) is 0 Å². The van der Waals surface area contributed by atoms with E-state index in [0.717, 1.165) is 0 Å². The van der Waals surface area contributed by atoms with Gasteiger partial charge >= 0.3 is 0 Å². The van der Waals surface area contributed by atoms with E-state index in [4.69, 9.17) is 92.8 Å². The smallest absolute Gasteiger partial charge is 0.119 e. The number of hydrogen-bond acceptors (Lipinski definition) is 0. The van der Waals surface area contributed by atoms with E-state index in [-0.39, 0.29) is 11.8 Å². The summed E-state index contributed by atoms with van der Waals surface area (Å²) < 4.78 is -1.11. The van der Waals surface area contributed by atoms with Crippen molar-refractivity contribution in [2.75, 3.05) is 0 Å². The van der Waals surface area contributed by atoms with Gasteiger partial charge in [-0.3, -0.25) is 0 Å². The average molecular weight is 412 g/mol. The Morgan fingerprint density at radius 2 is 1.61 bits per heavy atom. The highest BCUT2D eigenvalue weighted by Gasteiger charge is 2.72. The molecule has 0 radical (unpaired) electrons. The van der Waals surface area contributed by atoms with Gasteiger partial charge in [-0.1, -0.05) is 34.8 Å². The molecule has 2 bridgehead atoms. The maximum absolute atomic E-state index is 6.33. The fourth-order valence-corrected chi connectivity index (χ4v) is 6.55. The standard InChI is InChI=1S/C10H8Cl8/c11-2-5-3-1-4(6(12)10(3,17)18)9(5,7(13)14)8(15)16/h2-4,6-8H,1H2/b5-2-/t3?,4?,6-/m0/s1. The number of fused-ring (bicyclic) bond motifs is 2. The summed E-state index contributed by atoms with van der Waals surface area (Å²) in [5.41, 5.74) is 1.15. The maximum Gasteiger partial charge on any atom is 0.141 e. The van der Waals surface area contributed by atoms with Crippen LogP contribution in [0.5, 0.6) is 0 Å². The Balaban J connectivity index is 2.58. The van der Waals surface area contributed by atoms with E-state index in [2.05, 4.69) is 0 Å². The Morgan fingerprint density at radius 3 is 2.00 bits per heavy atom.